The fourth-order valence-electron chi connectivity index (χ4n) is 2.81. The fraction of sp³-hybridized carbons (Fsp3) is 0.625. The lowest BCUT2D eigenvalue weighted by molar-refractivity contribution is 0.0387. The number of methoxy groups -OCH3 is 2. The second kappa shape index (κ2) is 7.62. The highest BCUT2D eigenvalue weighted by Gasteiger charge is 2.19. The van der Waals surface area contributed by atoms with E-state index in [0.29, 0.717) is 6.10 Å². The lowest BCUT2D eigenvalue weighted by Crippen LogP contribution is -2.36. The quantitative estimate of drug-likeness (QED) is 0.863. The minimum atomic E-state index is 0.434. The molecular weight excluding hydrogens is 252 g/mol. The average Bonchev–Trinajstić information content (AvgIpc) is 2.49. The fourth-order valence-corrected chi connectivity index (χ4v) is 2.81. The molecule has 0 radical (unpaired) electrons. The Balaban J connectivity index is 2.02. The zero-order valence-corrected chi connectivity index (χ0v) is 12.8. The number of piperidine rings is 1. The first kappa shape index (κ1) is 15.3. The van der Waals surface area contributed by atoms with Crippen molar-refractivity contribution < 1.29 is 9.47 Å². The van der Waals surface area contributed by atoms with Crippen LogP contribution in [0.4, 0.5) is 0 Å². The van der Waals surface area contributed by atoms with Gasteiger partial charge in [-0.15, -0.1) is 0 Å². The molecule has 0 bridgehead atoms. The largest absolute Gasteiger partial charge is 0.496 e. The number of benzene rings is 1. The molecule has 0 aliphatic carbocycles. The Bertz CT molecular complexity index is 415. The first-order valence-corrected chi connectivity index (χ1v) is 7.32. The Morgan fingerprint density at radius 3 is 2.60 bits per heavy atom. The van der Waals surface area contributed by atoms with Crippen molar-refractivity contribution in [1.29, 1.82) is 0 Å². The average molecular weight is 278 g/mol. The smallest absolute Gasteiger partial charge is 0.123 e. The molecule has 1 N–H and O–H groups in total. The highest BCUT2D eigenvalue weighted by molar-refractivity contribution is 5.37. The van der Waals surface area contributed by atoms with Crippen molar-refractivity contribution in [1.82, 2.24) is 10.2 Å². The zero-order valence-electron chi connectivity index (χ0n) is 12.8. The zero-order chi connectivity index (χ0) is 14.4. The van der Waals surface area contributed by atoms with Gasteiger partial charge in [0.15, 0.2) is 0 Å². The van der Waals surface area contributed by atoms with E-state index in [2.05, 4.69) is 28.4 Å². The third kappa shape index (κ3) is 3.95. The summed E-state index contributed by atoms with van der Waals surface area (Å²) in [6.07, 6.45) is 2.67. The molecule has 0 spiro atoms. The molecule has 1 aromatic rings. The lowest BCUT2D eigenvalue weighted by atomic mass is 10.0. The molecule has 20 heavy (non-hydrogen) atoms. The van der Waals surface area contributed by atoms with Crippen LogP contribution in [0.25, 0.3) is 0 Å². The van der Waals surface area contributed by atoms with Crippen LogP contribution in [0.1, 0.15) is 24.0 Å². The van der Waals surface area contributed by atoms with Crippen LogP contribution in [0, 0.1) is 0 Å². The topological polar surface area (TPSA) is 33.7 Å². The number of nitrogens with one attached hydrogen (secondary N) is 1. The van der Waals surface area contributed by atoms with Gasteiger partial charge < -0.3 is 14.8 Å². The number of ether oxygens (including phenoxy) is 2. The Morgan fingerprint density at radius 2 is 2.00 bits per heavy atom. The van der Waals surface area contributed by atoms with Crippen LogP contribution in [0.5, 0.6) is 5.75 Å². The van der Waals surface area contributed by atoms with E-state index < -0.39 is 0 Å². The van der Waals surface area contributed by atoms with Crippen LogP contribution < -0.4 is 10.1 Å². The summed E-state index contributed by atoms with van der Waals surface area (Å²) in [4.78, 5) is 2.48. The predicted molar refractivity (Wildman–Crippen MR) is 81.1 cm³/mol. The van der Waals surface area contributed by atoms with Crippen LogP contribution in [-0.4, -0.2) is 45.4 Å². The monoisotopic (exact) mass is 278 g/mol. The molecule has 1 aromatic carbocycles. The van der Waals surface area contributed by atoms with Crippen LogP contribution in [0.2, 0.25) is 0 Å². The molecule has 1 saturated heterocycles. The van der Waals surface area contributed by atoms with Gasteiger partial charge in [-0.25, -0.2) is 0 Å². The molecule has 4 nitrogen and oxygen atoms in total. The summed E-state index contributed by atoms with van der Waals surface area (Å²) in [5.74, 6) is 0.985. The van der Waals surface area contributed by atoms with Gasteiger partial charge in [0.2, 0.25) is 0 Å². The third-order valence-corrected chi connectivity index (χ3v) is 3.99. The van der Waals surface area contributed by atoms with Gasteiger partial charge in [-0.2, -0.15) is 0 Å². The maximum absolute atomic E-state index is 5.49. The predicted octanol–water partition coefficient (Wildman–Crippen LogP) is 2.03. The van der Waals surface area contributed by atoms with Crippen molar-refractivity contribution in [2.24, 2.45) is 0 Å². The molecule has 4 heteroatoms. The molecule has 0 atom stereocenters. The van der Waals surface area contributed by atoms with Crippen LogP contribution >= 0.6 is 0 Å². The molecule has 0 amide bonds. The van der Waals surface area contributed by atoms with Gasteiger partial charge in [-0.05, 0) is 37.6 Å². The Morgan fingerprint density at radius 1 is 1.25 bits per heavy atom. The maximum Gasteiger partial charge on any atom is 0.123 e. The minimum Gasteiger partial charge on any atom is -0.496 e. The molecule has 2 rings (SSSR count). The first-order chi connectivity index (χ1) is 9.76. The highest BCUT2D eigenvalue weighted by atomic mass is 16.5. The van der Waals surface area contributed by atoms with Crippen LogP contribution in [0.3, 0.4) is 0 Å². The summed E-state index contributed by atoms with van der Waals surface area (Å²) in [5.41, 5.74) is 2.58. The standard InChI is InChI=1S/C16H26N2O2/c1-17-11-13-4-5-16(20-3)14(10-13)12-18-8-6-15(19-2)7-9-18/h4-5,10,15,17H,6-9,11-12H2,1-3H3. The number of likely N-dealkylation sites (tertiary alicyclic amines) is 1. The van der Waals surface area contributed by atoms with E-state index >= 15 is 0 Å². The van der Waals surface area contributed by atoms with Crippen molar-refractivity contribution in [3.63, 3.8) is 0 Å². The molecule has 112 valence electrons. The maximum atomic E-state index is 5.49. The summed E-state index contributed by atoms with van der Waals surface area (Å²) in [7, 11) is 5.53. The summed E-state index contributed by atoms with van der Waals surface area (Å²) in [6, 6.07) is 6.44. The van der Waals surface area contributed by atoms with Crippen LogP contribution in [-0.2, 0) is 17.8 Å². The number of hydrogen-bond donors (Lipinski definition) is 1. The number of rotatable bonds is 6. The molecule has 1 aliphatic rings. The lowest BCUT2D eigenvalue weighted by Gasteiger charge is -2.31. The normalized spacial score (nSPS) is 17.4. The van der Waals surface area contributed by atoms with Gasteiger partial charge in [0.25, 0.3) is 0 Å². The molecule has 0 saturated carbocycles. The van der Waals surface area contributed by atoms with Crippen molar-refractivity contribution in [3.05, 3.63) is 29.3 Å². The Kier molecular flexibility index (Phi) is 5.83. The molecule has 0 unspecified atom stereocenters. The van der Waals surface area contributed by atoms with E-state index in [0.717, 1.165) is 44.8 Å². The third-order valence-electron chi connectivity index (χ3n) is 3.99. The van der Waals surface area contributed by atoms with E-state index in [-0.39, 0.29) is 0 Å². The van der Waals surface area contributed by atoms with Gasteiger partial charge in [0.1, 0.15) is 5.75 Å². The second-order valence-electron chi connectivity index (χ2n) is 5.39. The van der Waals surface area contributed by atoms with Gasteiger partial charge in [-0.3, -0.25) is 4.90 Å². The molecule has 1 fully saturated rings. The second-order valence-corrected chi connectivity index (χ2v) is 5.39. The minimum absolute atomic E-state index is 0.434. The van der Waals surface area contributed by atoms with Crippen LogP contribution in [0.15, 0.2) is 18.2 Å². The highest BCUT2D eigenvalue weighted by Crippen LogP contribution is 2.23. The summed E-state index contributed by atoms with van der Waals surface area (Å²) in [5, 5.41) is 3.19. The summed E-state index contributed by atoms with van der Waals surface area (Å²) < 4.78 is 10.9. The Hall–Kier alpha value is -1.10. The SMILES string of the molecule is CNCc1ccc(OC)c(CN2CCC(OC)CC2)c1. The molecule has 0 aromatic heterocycles. The Labute approximate surface area is 122 Å². The van der Waals surface area contributed by atoms with Gasteiger partial charge in [-0.1, -0.05) is 6.07 Å². The van der Waals surface area contributed by atoms with E-state index in [1.165, 1.54) is 11.1 Å². The van der Waals surface area contributed by atoms with E-state index in [1.807, 2.05) is 14.2 Å². The van der Waals surface area contributed by atoms with Gasteiger partial charge >= 0.3 is 0 Å². The van der Waals surface area contributed by atoms with Gasteiger partial charge in [0, 0.05) is 38.9 Å². The van der Waals surface area contributed by atoms with Gasteiger partial charge in [0.05, 0.1) is 13.2 Å². The summed E-state index contributed by atoms with van der Waals surface area (Å²) >= 11 is 0. The summed E-state index contributed by atoms with van der Waals surface area (Å²) in [6.45, 7) is 4.04. The number of nitrogens with zero attached hydrogens (tertiary/aromatic N) is 1. The molecule has 1 aliphatic heterocycles. The van der Waals surface area contributed by atoms with Crippen molar-refractivity contribution in [2.45, 2.75) is 32.0 Å². The van der Waals surface area contributed by atoms with E-state index in [1.54, 1.807) is 7.11 Å². The molecule has 1 heterocycles. The molecular formula is C16H26N2O2. The van der Waals surface area contributed by atoms with E-state index in [9.17, 15) is 0 Å². The first-order valence-electron chi connectivity index (χ1n) is 7.32. The van der Waals surface area contributed by atoms with Crippen molar-refractivity contribution >= 4 is 0 Å². The van der Waals surface area contributed by atoms with Crippen molar-refractivity contribution in [2.75, 3.05) is 34.4 Å². The number of hydrogen-bond acceptors (Lipinski definition) is 4. The van der Waals surface area contributed by atoms with Crippen molar-refractivity contribution in [3.8, 4) is 5.75 Å². The van der Waals surface area contributed by atoms with E-state index in [4.69, 9.17) is 9.47 Å².